The van der Waals surface area contributed by atoms with E-state index >= 15 is 0 Å². The summed E-state index contributed by atoms with van der Waals surface area (Å²) in [6.45, 7) is 0. The van der Waals surface area contributed by atoms with Crippen molar-refractivity contribution >= 4 is 33.7 Å². The number of benzene rings is 1. The second-order valence-electron chi connectivity index (χ2n) is 3.79. The number of carboxylic acid groups (broad SMARTS) is 2. The van der Waals surface area contributed by atoms with E-state index in [0.717, 1.165) is 21.8 Å². The van der Waals surface area contributed by atoms with Gasteiger partial charge in [-0.25, -0.2) is 0 Å². The van der Waals surface area contributed by atoms with E-state index in [4.69, 9.17) is 19.8 Å². The van der Waals surface area contributed by atoms with Gasteiger partial charge in [0.25, 0.3) is 0 Å². The zero-order valence-corrected chi connectivity index (χ0v) is 13.0. The summed E-state index contributed by atoms with van der Waals surface area (Å²) in [7, 11) is 0. The van der Waals surface area contributed by atoms with Crippen molar-refractivity contribution in [2.24, 2.45) is 0 Å². The van der Waals surface area contributed by atoms with Crippen LogP contribution in [0, 0.1) is 0 Å². The first-order valence-electron chi connectivity index (χ1n) is 5.60. The molecule has 0 aliphatic rings. The van der Waals surface area contributed by atoms with Gasteiger partial charge in [0.05, 0.1) is 23.0 Å². The monoisotopic (exact) mass is 354 g/mol. The number of rotatable bonds is 0. The van der Waals surface area contributed by atoms with Crippen LogP contribution in [0.15, 0.2) is 48.8 Å². The van der Waals surface area contributed by atoms with Crippen LogP contribution >= 0.6 is 0 Å². The molecule has 0 fully saturated rings. The Bertz CT molecular complexity index is 729. The molecule has 3 aromatic rings. The minimum absolute atomic E-state index is 0. The zero-order valence-electron chi connectivity index (χ0n) is 11.6. The van der Waals surface area contributed by atoms with Crippen molar-refractivity contribution in [1.29, 1.82) is 0 Å². The van der Waals surface area contributed by atoms with Crippen LogP contribution in [0.5, 0.6) is 0 Å². The van der Waals surface area contributed by atoms with E-state index in [0.29, 0.717) is 0 Å². The zero-order chi connectivity index (χ0) is 14.5. The van der Waals surface area contributed by atoms with Crippen LogP contribution in [-0.4, -0.2) is 21.9 Å². The van der Waals surface area contributed by atoms with Crippen molar-refractivity contribution in [3.63, 3.8) is 0 Å². The average molecular weight is 354 g/mol. The van der Waals surface area contributed by atoms with Gasteiger partial charge in [0, 0.05) is 23.2 Å². The number of hydrogen-bond donors (Lipinski definition) is 0. The number of aliphatic carboxylic acids is 2. The van der Waals surface area contributed by atoms with E-state index < -0.39 is 11.9 Å². The maximum absolute atomic E-state index is 8.93. The van der Waals surface area contributed by atoms with E-state index in [1.54, 1.807) is 12.4 Å². The van der Waals surface area contributed by atoms with Crippen molar-refractivity contribution < 1.29 is 49.3 Å². The molecule has 23 heavy (non-hydrogen) atoms. The normalized spacial score (nSPS) is 8.52. The molecule has 1 radical (unpaired) electrons. The van der Waals surface area contributed by atoms with Crippen molar-refractivity contribution in [2.75, 3.05) is 0 Å². The van der Waals surface area contributed by atoms with Gasteiger partial charge in [-0.2, -0.15) is 0 Å². The first-order chi connectivity index (χ1) is 9.59. The Morgan fingerprint density at radius 3 is 1.43 bits per heavy atom. The summed E-state index contributed by atoms with van der Waals surface area (Å²) in [5.41, 5.74) is 1.95. The Labute approximate surface area is 142 Å². The molecular weight excluding hydrogens is 343 g/mol. The predicted molar refractivity (Wildman–Crippen MR) is 72.6 cm³/mol. The third kappa shape index (κ3) is 5.64. The number of nitrogens with zero attached hydrogens (tertiary/aromatic N) is 2. The molecule has 0 saturated carbocycles. The largest absolute Gasteiger partial charge is 4.00 e. The number of pyridine rings is 2. The molecule has 0 bridgehead atoms. The molecule has 0 spiro atoms. The van der Waals surface area contributed by atoms with Gasteiger partial charge in [0.2, 0.25) is 0 Å². The Hall–Kier alpha value is -2.52. The summed E-state index contributed by atoms with van der Waals surface area (Å²) in [6, 6.07) is 12.1. The van der Waals surface area contributed by atoms with E-state index in [-0.39, 0.29) is 29.5 Å². The van der Waals surface area contributed by atoms with Crippen LogP contribution in [-0.2, 0) is 39.1 Å². The fraction of sp³-hybridized carbons (Fsp3) is 0. The van der Waals surface area contributed by atoms with Crippen LogP contribution in [0.3, 0.4) is 0 Å². The van der Waals surface area contributed by atoms with Gasteiger partial charge in [-0.15, -0.1) is 0 Å². The smallest absolute Gasteiger partial charge is 2.00 e. The first kappa shape index (κ1) is 22.8. The summed E-state index contributed by atoms with van der Waals surface area (Å²) in [5.74, 6) is -4.37. The number of fused-ring (bicyclic) bond motifs is 3. The molecule has 1 aromatic carbocycles. The number of aromatic nitrogens is 2. The van der Waals surface area contributed by atoms with Crippen LogP contribution < -0.4 is 10.2 Å². The third-order valence-electron chi connectivity index (χ3n) is 2.51. The molecule has 0 atom stereocenters. The molecule has 0 aliphatic heterocycles. The Morgan fingerprint density at radius 2 is 1.13 bits per heavy atom. The van der Waals surface area contributed by atoms with E-state index in [1.807, 2.05) is 12.1 Å². The fourth-order valence-corrected chi connectivity index (χ4v) is 1.68. The van der Waals surface area contributed by atoms with Gasteiger partial charge in [-0.1, -0.05) is 24.3 Å². The Balaban J connectivity index is 0. The third-order valence-corrected chi connectivity index (χ3v) is 2.51. The number of carboxylic acids is 2. The summed E-state index contributed by atoms with van der Waals surface area (Å²) >= 11 is 0. The van der Waals surface area contributed by atoms with Crippen molar-refractivity contribution in [3.05, 3.63) is 48.8 Å². The number of carbonyl (C=O) groups is 2. The molecular formula is C14H11N2O6V+. The van der Waals surface area contributed by atoms with Crippen LogP contribution in [0.25, 0.3) is 21.8 Å². The molecule has 0 amide bonds. The second kappa shape index (κ2) is 10.3. The number of carbonyl (C=O) groups excluding carboxylic acids is 2. The quantitative estimate of drug-likeness (QED) is 0.263. The maximum atomic E-state index is 8.93. The van der Waals surface area contributed by atoms with Crippen LogP contribution in [0.2, 0.25) is 0 Å². The molecule has 2 aromatic heterocycles. The Kier molecular flexibility index (Phi) is 10.1. The Morgan fingerprint density at radius 1 is 0.783 bits per heavy atom. The van der Waals surface area contributed by atoms with E-state index in [1.165, 1.54) is 0 Å². The van der Waals surface area contributed by atoms with Crippen molar-refractivity contribution in [1.82, 2.24) is 9.97 Å². The molecule has 0 aliphatic carbocycles. The molecule has 0 unspecified atom stereocenters. The first-order valence-corrected chi connectivity index (χ1v) is 5.60. The summed E-state index contributed by atoms with van der Waals surface area (Å²) in [5, 5.41) is 20.1. The minimum Gasteiger partial charge on any atom is -2.00 e. The molecule has 2 heterocycles. The topological polar surface area (TPSA) is 168 Å². The predicted octanol–water partition coefficient (Wildman–Crippen LogP) is -1.77. The van der Waals surface area contributed by atoms with Crippen LogP contribution in [0.1, 0.15) is 0 Å². The molecule has 8 nitrogen and oxygen atoms in total. The van der Waals surface area contributed by atoms with E-state index in [2.05, 4.69) is 34.2 Å². The van der Waals surface area contributed by atoms with Gasteiger partial charge >= 0.3 is 18.6 Å². The van der Waals surface area contributed by atoms with Gasteiger partial charge < -0.3 is 30.8 Å². The average Bonchev–Trinajstić information content (AvgIpc) is 2.47. The summed E-state index contributed by atoms with van der Waals surface area (Å²) in [4.78, 5) is 26.5. The van der Waals surface area contributed by atoms with Crippen molar-refractivity contribution in [3.8, 4) is 0 Å². The van der Waals surface area contributed by atoms with Crippen LogP contribution in [0.4, 0.5) is 0 Å². The minimum atomic E-state index is -2.19. The fourth-order valence-electron chi connectivity index (χ4n) is 1.68. The molecule has 3 N–H and O–H groups in total. The van der Waals surface area contributed by atoms with Crippen molar-refractivity contribution in [2.45, 2.75) is 0 Å². The molecule has 0 saturated heterocycles. The van der Waals surface area contributed by atoms with E-state index in [9.17, 15) is 0 Å². The SMILES string of the molecule is O=C([O-])C(=O)[O-].[O-2].[OH3+].[V+4].c1cnc2c(c1)ccc1cccnc12. The molecule has 9 heteroatoms. The standard InChI is InChI=1S/C12H8N2.C2H2O4.H2O.O.V/c1-3-9-5-6-10-4-2-8-14-12(10)11(9)13-7-1;3-1(4)2(5)6;;;/h1-8H;(H,3,4)(H,5,6);1H2;;/q;;;-2;+4/p-1. The van der Waals surface area contributed by atoms with Gasteiger partial charge in [-0.3, -0.25) is 9.97 Å². The molecule has 3 rings (SSSR count). The second-order valence-corrected chi connectivity index (χ2v) is 3.79. The molecule has 117 valence electrons. The summed E-state index contributed by atoms with van der Waals surface area (Å²) in [6.07, 6.45) is 3.60. The van der Waals surface area contributed by atoms with Gasteiger partial charge in [0.15, 0.2) is 0 Å². The number of hydrogen-bond acceptors (Lipinski definition) is 6. The summed E-state index contributed by atoms with van der Waals surface area (Å²) < 4.78 is 0. The van der Waals surface area contributed by atoms with Gasteiger partial charge in [0.1, 0.15) is 0 Å². The van der Waals surface area contributed by atoms with Gasteiger partial charge in [-0.05, 0) is 12.1 Å². The maximum Gasteiger partial charge on any atom is 4.00 e.